The minimum Gasteiger partial charge on any atom is -0.340 e. The van der Waals surface area contributed by atoms with Gasteiger partial charge in [0.25, 0.3) is 0 Å². The van der Waals surface area contributed by atoms with Crippen LogP contribution < -0.4 is 0 Å². The molecule has 2 fully saturated rings. The minimum absolute atomic E-state index is 0.262. The molecule has 4 heterocycles. The molecule has 8 nitrogen and oxygen atoms in total. The lowest BCUT2D eigenvalue weighted by molar-refractivity contribution is -0.134. The summed E-state index contributed by atoms with van der Waals surface area (Å²) < 4.78 is 5.03. The zero-order chi connectivity index (χ0) is 19.3. The Kier molecular flexibility index (Phi) is 6.36. The lowest BCUT2D eigenvalue weighted by Crippen LogP contribution is -2.53. The molecule has 0 bridgehead atoms. The van der Waals surface area contributed by atoms with Gasteiger partial charge in [-0.15, -0.1) is 0 Å². The molecule has 0 unspecified atom stereocenters. The van der Waals surface area contributed by atoms with Gasteiger partial charge in [-0.1, -0.05) is 5.16 Å². The molecule has 1 amide bonds. The molecule has 2 aromatic heterocycles. The zero-order valence-corrected chi connectivity index (χ0v) is 17.2. The second kappa shape index (κ2) is 9.13. The first-order valence-electron chi connectivity index (χ1n) is 9.91. The molecule has 0 aliphatic carbocycles. The highest BCUT2D eigenvalue weighted by Gasteiger charge is 2.25. The molecule has 2 aromatic rings. The van der Waals surface area contributed by atoms with Crippen LogP contribution >= 0.6 is 11.3 Å². The fourth-order valence-corrected chi connectivity index (χ4v) is 4.46. The van der Waals surface area contributed by atoms with Crippen LogP contribution in [0, 0.1) is 6.92 Å². The lowest BCUT2D eigenvalue weighted by atomic mass is 10.2. The van der Waals surface area contributed by atoms with Crippen molar-refractivity contribution in [2.24, 2.45) is 0 Å². The SMILES string of the molecule is Cc1nc(CN2CCN(CC(=O)N3CCN(Cc4ccsc4)CC3)CC2)no1. The molecule has 2 aliphatic rings. The van der Waals surface area contributed by atoms with E-state index in [2.05, 4.69) is 41.7 Å². The monoisotopic (exact) mass is 404 g/mol. The summed E-state index contributed by atoms with van der Waals surface area (Å²) in [6.07, 6.45) is 0. The summed E-state index contributed by atoms with van der Waals surface area (Å²) in [6.45, 7) is 11.3. The second-order valence-electron chi connectivity index (χ2n) is 7.57. The van der Waals surface area contributed by atoms with Crippen molar-refractivity contribution in [3.63, 3.8) is 0 Å². The molecule has 0 N–H and O–H groups in total. The van der Waals surface area contributed by atoms with E-state index in [1.807, 2.05) is 11.8 Å². The number of carbonyl (C=O) groups excluding carboxylic acids is 1. The third kappa shape index (κ3) is 5.16. The molecule has 152 valence electrons. The van der Waals surface area contributed by atoms with Crippen LogP contribution in [0.25, 0.3) is 0 Å². The van der Waals surface area contributed by atoms with Gasteiger partial charge in [0, 0.05) is 65.8 Å². The average Bonchev–Trinajstić information content (AvgIpc) is 3.35. The smallest absolute Gasteiger partial charge is 0.236 e. The van der Waals surface area contributed by atoms with E-state index < -0.39 is 0 Å². The third-order valence-electron chi connectivity index (χ3n) is 5.47. The molecule has 0 atom stereocenters. The Hall–Kier alpha value is -1.81. The molecule has 4 rings (SSSR count). The minimum atomic E-state index is 0.262. The van der Waals surface area contributed by atoms with Gasteiger partial charge in [-0.05, 0) is 22.4 Å². The Bertz CT molecular complexity index is 748. The lowest BCUT2D eigenvalue weighted by Gasteiger charge is -2.37. The maximum Gasteiger partial charge on any atom is 0.236 e. The van der Waals surface area contributed by atoms with Crippen molar-refractivity contribution in [2.45, 2.75) is 20.0 Å². The first-order valence-corrected chi connectivity index (χ1v) is 10.8. The Balaban J connectivity index is 1.16. The molecule has 0 radical (unpaired) electrons. The maximum atomic E-state index is 12.7. The van der Waals surface area contributed by atoms with Crippen LogP contribution in [0.4, 0.5) is 0 Å². The molecule has 0 spiro atoms. The van der Waals surface area contributed by atoms with Crippen LogP contribution in [0.15, 0.2) is 21.3 Å². The number of hydrogen-bond donors (Lipinski definition) is 0. The van der Waals surface area contributed by atoms with Crippen LogP contribution in [0.5, 0.6) is 0 Å². The van der Waals surface area contributed by atoms with E-state index in [0.717, 1.165) is 64.7 Å². The second-order valence-corrected chi connectivity index (χ2v) is 8.35. The number of thiophene rings is 1. The Morgan fingerprint density at radius 1 is 1.04 bits per heavy atom. The summed E-state index contributed by atoms with van der Waals surface area (Å²) in [6, 6.07) is 2.18. The largest absolute Gasteiger partial charge is 0.340 e. The van der Waals surface area contributed by atoms with Gasteiger partial charge < -0.3 is 9.42 Å². The molecule has 0 aromatic carbocycles. The van der Waals surface area contributed by atoms with Crippen molar-refractivity contribution in [3.8, 4) is 0 Å². The highest BCUT2D eigenvalue weighted by Crippen LogP contribution is 2.12. The Morgan fingerprint density at radius 3 is 2.36 bits per heavy atom. The molecule has 0 saturated carbocycles. The zero-order valence-electron chi connectivity index (χ0n) is 16.4. The van der Waals surface area contributed by atoms with Gasteiger partial charge in [0.2, 0.25) is 11.8 Å². The maximum absolute atomic E-state index is 12.7. The van der Waals surface area contributed by atoms with Crippen LogP contribution in [-0.4, -0.2) is 94.6 Å². The van der Waals surface area contributed by atoms with E-state index in [1.165, 1.54) is 5.56 Å². The number of rotatable bonds is 6. The van der Waals surface area contributed by atoms with Gasteiger partial charge in [-0.3, -0.25) is 19.5 Å². The molecule has 2 aliphatic heterocycles. The topological polar surface area (TPSA) is 69.0 Å². The number of nitrogens with zero attached hydrogens (tertiary/aromatic N) is 6. The van der Waals surface area contributed by atoms with Crippen molar-refractivity contribution in [1.82, 2.24) is 29.7 Å². The van der Waals surface area contributed by atoms with Crippen molar-refractivity contribution in [3.05, 3.63) is 34.1 Å². The van der Waals surface area contributed by atoms with Crippen LogP contribution in [0.3, 0.4) is 0 Å². The number of hydrogen-bond acceptors (Lipinski definition) is 8. The van der Waals surface area contributed by atoms with Crippen molar-refractivity contribution >= 4 is 17.2 Å². The quantitative estimate of drug-likeness (QED) is 0.709. The van der Waals surface area contributed by atoms with Crippen molar-refractivity contribution in [2.75, 3.05) is 58.9 Å². The van der Waals surface area contributed by atoms with E-state index in [0.29, 0.717) is 19.0 Å². The highest BCUT2D eigenvalue weighted by atomic mass is 32.1. The average molecular weight is 405 g/mol. The molecule has 2 saturated heterocycles. The Labute approximate surface area is 169 Å². The molecule has 9 heteroatoms. The third-order valence-corrected chi connectivity index (χ3v) is 6.20. The van der Waals surface area contributed by atoms with Gasteiger partial charge in [-0.2, -0.15) is 16.3 Å². The molecular formula is C19H28N6O2S. The standard InChI is InChI=1S/C19H28N6O2S/c1-16-20-18(21-27-16)13-23-3-5-24(6-4-23)14-19(26)25-9-7-22(8-10-25)12-17-2-11-28-15-17/h2,11,15H,3-10,12-14H2,1H3. The van der Waals surface area contributed by atoms with E-state index in [-0.39, 0.29) is 5.91 Å². The van der Waals surface area contributed by atoms with Gasteiger partial charge in [0.05, 0.1) is 13.1 Å². The first-order chi connectivity index (χ1) is 13.7. The number of piperazine rings is 2. The predicted molar refractivity (Wildman–Crippen MR) is 107 cm³/mol. The summed E-state index contributed by atoms with van der Waals surface area (Å²) in [5.41, 5.74) is 1.37. The van der Waals surface area contributed by atoms with Gasteiger partial charge in [0.1, 0.15) is 0 Å². The fraction of sp³-hybridized carbons (Fsp3) is 0.632. The van der Waals surface area contributed by atoms with E-state index >= 15 is 0 Å². The van der Waals surface area contributed by atoms with E-state index in [9.17, 15) is 4.79 Å². The number of carbonyl (C=O) groups is 1. The summed E-state index contributed by atoms with van der Waals surface area (Å²) in [4.78, 5) is 26.0. The predicted octanol–water partition coefficient (Wildman–Crippen LogP) is 0.902. The van der Waals surface area contributed by atoms with Gasteiger partial charge in [0.15, 0.2) is 5.82 Å². The summed E-state index contributed by atoms with van der Waals surface area (Å²) in [7, 11) is 0. The summed E-state index contributed by atoms with van der Waals surface area (Å²) in [5.74, 6) is 1.61. The van der Waals surface area contributed by atoms with Gasteiger partial charge in [-0.25, -0.2) is 0 Å². The van der Waals surface area contributed by atoms with Crippen molar-refractivity contribution < 1.29 is 9.32 Å². The summed E-state index contributed by atoms with van der Waals surface area (Å²) in [5, 5.41) is 8.29. The molecule has 28 heavy (non-hydrogen) atoms. The highest BCUT2D eigenvalue weighted by molar-refractivity contribution is 7.07. The number of aryl methyl sites for hydroxylation is 1. The van der Waals surface area contributed by atoms with E-state index in [4.69, 9.17) is 4.52 Å². The van der Waals surface area contributed by atoms with E-state index in [1.54, 1.807) is 11.3 Å². The first kappa shape index (κ1) is 19.5. The Morgan fingerprint density at radius 2 is 1.71 bits per heavy atom. The van der Waals surface area contributed by atoms with Gasteiger partial charge >= 0.3 is 0 Å². The van der Waals surface area contributed by atoms with Crippen LogP contribution in [-0.2, 0) is 17.9 Å². The summed E-state index contributed by atoms with van der Waals surface area (Å²) >= 11 is 1.74. The van der Waals surface area contributed by atoms with Crippen molar-refractivity contribution in [1.29, 1.82) is 0 Å². The van der Waals surface area contributed by atoms with Crippen LogP contribution in [0.1, 0.15) is 17.3 Å². The normalized spacial score (nSPS) is 20.0. The number of aromatic nitrogens is 2. The molecular weight excluding hydrogens is 376 g/mol. The van der Waals surface area contributed by atoms with Crippen LogP contribution in [0.2, 0.25) is 0 Å². The number of amides is 1. The fourth-order valence-electron chi connectivity index (χ4n) is 3.80.